The molecule has 0 aromatic heterocycles. The van der Waals surface area contributed by atoms with Gasteiger partial charge in [0, 0.05) is 13.5 Å². The molecule has 1 amide bonds. The van der Waals surface area contributed by atoms with Gasteiger partial charge >= 0.3 is 0 Å². The van der Waals surface area contributed by atoms with Crippen LogP contribution in [-0.2, 0) is 4.79 Å². The van der Waals surface area contributed by atoms with Gasteiger partial charge in [-0.15, -0.1) is 12.4 Å². The summed E-state index contributed by atoms with van der Waals surface area (Å²) in [4.78, 5) is 14.6. The zero-order chi connectivity index (χ0) is 16.9. The monoisotopic (exact) mass is 354 g/mol. The van der Waals surface area contributed by atoms with Crippen LogP contribution < -0.4 is 10.5 Å². The Bertz CT molecular complexity index is 513. The molecule has 1 unspecified atom stereocenters. The maximum atomic E-state index is 12.8. The first-order chi connectivity index (χ1) is 11.0. The Labute approximate surface area is 152 Å². The van der Waals surface area contributed by atoms with Gasteiger partial charge in [-0.1, -0.05) is 31.4 Å². The summed E-state index contributed by atoms with van der Waals surface area (Å²) in [6.07, 6.45) is 6.40. The van der Waals surface area contributed by atoms with Gasteiger partial charge in [0.05, 0.1) is 13.2 Å². The number of carbonyl (C=O) groups is 1. The Morgan fingerprint density at radius 2 is 1.83 bits per heavy atom. The Balaban J connectivity index is 0.00000288. The minimum atomic E-state index is 0. The van der Waals surface area contributed by atoms with Gasteiger partial charge in [-0.05, 0) is 49.4 Å². The van der Waals surface area contributed by atoms with Gasteiger partial charge in [-0.3, -0.25) is 4.79 Å². The molecule has 0 aliphatic heterocycles. The first-order valence-corrected chi connectivity index (χ1v) is 8.61. The summed E-state index contributed by atoms with van der Waals surface area (Å²) >= 11 is 0. The van der Waals surface area contributed by atoms with Crippen molar-refractivity contribution >= 4 is 18.3 Å². The first kappa shape index (κ1) is 20.8. The minimum Gasteiger partial charge on any atom is -0.497 e. The van der Waals surface area contributed by atoms with Crippen molar-refractivity contribution in [1.82, 2.24) is 4.90 Å². The molecule has 2 N–H and O–H groups in total. The van der Waals surface area contributed by atoms with Gasteiger partial charge in [0.25, 0.3) is 0 Å². The minimum absolute atomic E-state index is 0. The highest BCUT2D eigenvalue weighted by atomic mass is 35.5. The molecule has 1 aromatic carbocycles. The van der Waals surface area contributed by atoms with Crippen molar-refractivity contribution in [2.75, 3.05) is 20.7 Å². The first-order valence-electron chi connectivity index (χ1n) is 8.61. The number of halogens is 1. The number of benzene rings is 1. The van der Waals surface area contributed by atoms with Crippen LogP contribution >= 0.6 is 12.4 Å². The van der Waals surface area contributed by atoms with Crippen molar-refractivity contribution in [1.29, 1.82) is 0 Å². The van der Waals surface area contributed by atoms with Crippen LogP contribution in [0.1, 0.15) is 57.1 Å². The maximum Gasteiger partial charge on any atom is 0.223 e. The summed E-state index contributed by atoms with van der Waals surface area (Å²) in [5.74, 6) is 1.03. The fourth-order valence-electron chi connectivity index (χ4n) is 3.52. The average Bonchev–Trinajstić information content (AvgIpc) is 2.61. The summed E-state index contributed by atoms with van der Waals surface area (Å²) in [7, 11) is 3.55. The number of hydrogen-bond donors (Lipinski definition) is 1. The van der Waals surface area contributed by atoms with E-state index in [1.165, 1.54) is 19.3 Å². The van der Waals surface area contributed by atoms with E-state index in [0.717, 1.165) is 24.2 Å². The molecule has 1 fully saturated rings. The highest BCUT2D eigenvalue weighted by Crippen LogP contribution is 2.39. The van der Waals surface area contributed by atoms with Crippen molar-refractivity contribution in [3.8, 4) is 5.75 Å². The summed E-state index contributed by atoms with van der Waals surface area (Å²) < 4.78 is 5.19. The molecular formula is C19H31ClN2O2. The highest BCUT2D eigenvalue weighted by molar-refractivity contribution is 5.85. The fourth-order valence-corrected chi connectivity index (χ4v) is 3.52. The Morgan fingerprint density at radius 3 is 2.33 bits per heavy atom. The number of amides is 1. The molecule has 136 valence electrons. The standard InChI is InChI=1S/C19H30N2O2.ClH/c1-15(16-7-9-17(23-3)10-8-16)21(2)18(22)13-19(14-20)11-5-4-6-12-19;/h7-10,15H,4-6,11-14,20H2,1-3H3;1H. The van der Waals surface area contributed by atoms with Crippen molar-refractivity contribution in [3.05, 3.63) is 29.8 Å². The van der Waals surface area contributed by atoms with Crippen molar-refractivity contribution in [3.63, 3.8) is 0 Å². The van der Waals surface area contributed by atoms with E-state index in [-0.39, 0.29) is 29.8 Å². The number of methoxy groups -OCH3 is 1. The van der Waals surface area contributed by atoms with Crippen molar-refractivity contribution in [2.45, 2.75) is 51.5 Å². The zero-order valence-corrected chi connectivity index (χ0v) is 15.9. The third-order valence-corrected chi connectivity index (χ3v) is 5.45. The fraction of sp³-hybridized carbons (Fsp3) is 0.632. The van der Waals surface area contributed by atoms with Gasteiger partial charge < -0.3 is 15.4 Å². The van der Waals surface area contributed by atoms with Crippen LogP contribution in [0.15, 0.2) is 24.3 Å². The average molecular weight is 355 g/mol. The number of rotatable bonds is 6. The normalized spacial score (nSPS) is 17.5. The topological polar surface area (TPSA) is 55.6 Å². The second-order valence-corrected chi connectivity index (χ2v) is 6.90. The van der Waals surface area contributed by atoms with Crippen molar-refractivity contribution in [2.24, 2.45) is 11.1 Å². The summed E-state index contributed by atoms with van der Waals surface area (Å²) in [5, 5.41) is 0. The second-order valence-electron chi connectivity index (χ2n) is 6.90. The summed E-state index contributed by atoms with van der Waals surface area (Å²) in [6.45, 7) is 2.68. The van der Waals surface area contributed by atoms with Crippen LogP contribution in [0.4, 0.5) is 0 Å². The van der Waals surface area contributed by atoms with E-state index >= 15 is 0 Å². The molecule has 24 heavy (non-hydrogen) atoms. The Hall–Kier alpha value is -1.26. The lowest BCUT2D eigenvalue weighted by molar-refractivity contribution is -0.134. The maximum absolute atomic E-state index is 12.8. The molecular weight excluding hydrogens is 324 g/mol. The summed E-state index contributed by atoms with van der Waals surface area (Å²) in [5.41, 5.74) is 7.16. The number of nitrogens with zero attached hydrogens (tertiary/aromatic N) is 1. The molecule has 0 bridgehead atoms. The predicted molar refractivity (Wildman–Crippen MR) is 101 cm³/mol. The lowest BCUT2D eigenvalue weighted by atomic mass is 9.71. The van der Waals surface area contributed by atoms with E-state index in [1.54, 1.807) is 7.11 Å². The molecule has 0 radical (unpaired) electrons. The molecule has 1 aliphatic carbocycles. The number of hydrogen-bond acceptors (Lipinski definition) is 3. The van der Waals surface area contributed by atoms with Gasteiger partial charge in [0.15, 0.2) is 0 Å². The van der Waals surface area contributed by atoms with Crippen LogP contribution in [0.25, 0.3) is 0 Å². The molecule has 0 spiro atoms. The van der Waals surface area contributed by atoms with Crippen LogP contribution in [-0.4, -0.2) is 31.5 Å². The van der Waals surface area contributed by atoms with Crippen molar-refractivity contribution < 1.29 is 9.53 Å². The highest BCUT2D eigenvalue weighted by Gasteiger charge is 2.34. The van der Waals surface area contributed by atoms with E-state index in [9.17, 15) is 4.79 Å². The molecule has 4 nitrogen and oxygen atoms in total. The lowest BCUT2D eigenvalue weighted by Crippen LogP contribution is -2.40. The largest absolute Gasteiger partial charge is 0.497 e. The predicted octanol–water partition coefficient (Wildman–Crippen LogP) is 3.94. The molecule has 1 aliphatic rings. The van der Waals surface area contributed by atoms with Crippen LogP contribution in [0.2, 0.25) is 0 Å². The van der Waals surface area contributed by atoms with Gasteiger partial charge in [0.1, 0.15) is 5.75 Å². The third-order valence-electron chi connectivity index (χ3n) is 5.45. The van der Waals surface area contributed by atoms with Gasteiger partial charge in [-0.2, -0.15) is 0 Å². The molecule has 0 heterocycles. The Kier molecular flexibility index (Phi) is 8.04. The van der Waals surface area contributed by atoms with E-state index in [0.29, 0.717) is 13.0 Å². The number of ether oxygens (including phenoxy) is 1. The Morgan fingerprint density at radius 1 is 1.25 bits per heavy atom. The number of carbonyl (C=O) groups excluding carboxylic acids is 1. The molecule has 1 atom stereocenters. The van der Waals surface area contributed by atoms with Gasteiger partial charge in [0.2, 0.25) is 5.91 Å². The smallest absolute Gasteiger partial charge is 0.223 e. The third kappa shape index (κ3) is 4.87. The van der Waals surface area contributed by atoms with Crippen LogP contribution in [0.3, 0.4) is 0 Å². The molecule has 5 heteroatoms. The van der Waals surface area contributed by atoms with E-state index in [1.807, 2.05) is 36.2 Å². The van der Waals surface area contributed by atoms with E-state index in [4.69, 9.17) is 10.5 Å². The molecule has 1 aromatic rings. The van der Waals surface area contributed by atoms with Crippen LogP contribution in [0.5, 0.6) is 5.75 Å². The quantitative estimate of drug-likeness (QED) is 0.841. The molecule has 1 saturated carbocycles. The SMILES string of the molecule is COc1ccc(C(C)N(C)C(=O)CC2(CN)CCCCC2)cc1.Cl. The van der Waals surface area contributed by atoms with Crippen LogP contribution in [0, 0.1) is 5.41 Å². The second kappa shape index (κ2) is 9.28. The summed E-state index contributed by atoms with van der Waals surface area (Å²) in [6, 6.07) is 7.96. The molecule has 2 rings (SSSR count). The van der Waals surface area contributed by atoms with E-state index < -0.39 is 0 Å². The van der Waals surface area contributed by atoms with E-state index in [2.05, 4.69) is 6.92 Å². The van der Waals surface area contributed by atoms with Gasteiger partial charge in [-0.25, -0.2) is 0 Å². The molecule has 0 saturated heterocycles. The zero-order valence-electron chi connectivity index (χ0n) is 15.1. The number of nitrogens with two attached hydrogens (primary N) is 1. The lowest BCUT2D eigenvalue weighted by Gasteiger charge is -2.37.